The van der Waals surface area contributed by atoms with Gasteiger partial charge in [0.15, 0.2) is 0 Å². The van der Waals surface area contributed by atoms with E-state index in [1.807, 2.05) is 12.1 Å². The van der Waals surface area contributed by atoms with E-state index < -0.39 is 0 Å². The molecule has 4 aromatic rings. The van der Waals surface area contributed by atoms with Crippen LogP contribution in [0.4, 0.5) is 10.1 Å². The van der Waals surface area contributed by atoms with Crippen molar-refractivity contribution in [3.05, 3.63) is 82.0 Å². The average molecular weight is 362 g/mol. The predicted molar refractivity (Wildman–Crippen MR) is 98.2 cm³/mol. The number of rotatable bonds is 2. The molecular formula is C19H15FN6O. The Kier molecular flexibility index (Phi) is 3.49. The van der Waals surface area contributed by atoms with Crippen LogP contribution >= 0.6 is 0 Å². The zero-order valence-electron chi connectivity index (χ0n) is 14.1. The molecule has 1 aliphatic rings. The summed E-state index contributed by atoms with van der Waals surface area (Å²) in [6, 6.07) is 12.0. The Morgan fingerprint density at radius 1 is 1.07 bits per heavy atom. The zero-order valence-corrected chi connectivity index (χ0v) is 14.1. The summed E-state index contributed by atoms with van der Waals surface area (Å²) in [6.45, 7) is 0.570. The first-order valence-corrected chi connectivity index (χ1v) is 8.58. The van der Waals surface area contributed by atoms with Crippen LogP contribution in [-0.4, -0.2) is 31.9 Å². The van der Waals surface area contributed by atoms with Gasteiger partial charge in [-0.05, 0) is 29.8 Å². The van der Waals surface area contributed by atoms with E-state index in [-0.39, 0.29) is 23.2 Å². The Labute approximate surface area is 152 Å². The van der Waals surface area contributed by atoms with Gasteiger partial charge in [0.2, 0.25) is 0 Å². The maximum Gasteiger partial charge on any atom is 0.272 e. The number of H-pyrrole nitrogens is 2. The van der Waals surface area contributed by atoms with Gasteiger partial charge < -0.3 is 5.32 Å². The molecule has 2 aromatic heterocycles. The van der Waals surface area contributed by atoms with Gasteiger partial charge in [0.1, 0.15) is 18.0 Å². The van der Waals surface area contributed by atoms with E-state index in [1.54, 1.807) is 18.2 Å². The Hall–Kier alpha value is -3.55. The van der Waals surface area contributed by atoms with Crippen molar-refractivity contribution in [3.8, 4) is 0 Å². The van der Waals surface area contributed by atoms with Crippen LogP contribution in [0.15, 0.2) is 53.6 Å². The summed E-state index contributed by atoms with van der Waals surface area (Å²) < 4.78 is 13.5. The molecule has 2 atom stereocenters. The van der Waals surface area contributed by atoms with Gasteiger partial charge in [0.05, 0.1) is 17.0 Å². The van der Waals surface area contributed by atoms with Crippen LogP contribution < -0.4 is 10.9 Å². The van der Waals surface area contributed by atoms with Gasteiger partial charge in [-0.3, -0.25) is 9.89 Å². The molecule has 8 heteroatoms. The van der Waals surface area contributed by atoms with Crippen LogP contribution in [0.3, 0.4) is 0 Å². The second-order valence-corrected chi connectivity index (χ2v) is 6.55. The number of hydrogen-bond donors (Lipinski definition) is 3. The Balaban J connectivity index is 1.79. The number of benzene rings is 2. The van der Waals surface area contributed by atoms with Crippen LogP contribution in [0.1, 0.15) is 28.9 Å². The fourth-order valence-corrected chi connectivity index (χ4v) is 3.85. The largest absolute Gasteiger partial charge is 0.384 e. The van der Waals surface area contributed by atoms with Gasteiger partial charge in [-0.1, -0.05) is 18.2 Å². The highest BCUT2D eigenvalue weighted by atomic mass is 19.1. The van der Waals surface area contributed by atoms with Crippen molar-refractivity contribution in [3.63, 3.8) is 0 Å². The van der Waals surface area contributed by atoms with Crippen molar-refractivity contribution in [2.45, 2.75) is 11.8 Å². The highest BCUT2D eigenvalue weighted by Crippen LogP contribution is 2.42. The molecule has 3 N–H and O–H groups in total. The van der Waals surface area contributed by atoms with Crippen LogP contribution in [0.2, 0.25) is 0 Å². The van der Waals surface area contributed by atoms with Crippen LogP contribution in [0.25, 0.3) is 10.8 Å². The van der Waals surface area contributed by atoms with Gasteiger partial charge >= 0.3 is 0 Å². The summed E-state index contributed by atoms with van der Waals surface area (Å²) in [5.41, 5.74) is 2.25. The van der Waals surface area contributed by atoms with E-state index in [0.717, 1.165) is 16.6 Å². The number of hydrogen-bond acceptors (Lipinski definition) is 5. The summed E-state index contributed by atoms with van der Waals surface area (Å²) in [5.74, 6) is -0.0194. The van der Waals surface area contributed by atoms with Crippen molar-refractivity contribution in [1.82, 2.24) is 25.4 Å². The lowest BCUT2D eigenvalue weighted by molar-refractivity contribution is 0.585. The summed E-state index contributed by atoms with van der Waals surface area (Å²) in [4.78, 5) is 16.7. The first-order chi connectivity index (χ1) is 13.2. The number of halogens is 1. The summed E-state index contributed by atoms with van der Waals surface area (Å²) in [7, 11) is 0. The lowest BCUT2D eigenvalue weighted by Gasteiger charge is -2.24. The molecule has 0 bridgehead atoms. The zero-order chi connectivity index (χ0) is 18.4. The molecular weight excluding hydrogens is 347 g/mol. The number of aromatic nitrogens is 5. The molecule has 2 unspecified atom stereocenters. The topological polar surface area (TPSA) is 99.3 Å². The van der Waals surface area contributed by atoms with E-state index in [4.69, 9.17) is 0 Å². The highest BCUT2D eigenvalue weighted by Gasteiger charge is 2.34. The summed E-state index contributed by atoms with van der Waals surface area (Å²) in [5, 5.41) is 18.7. The minimum Gasteiger partial charge on any atom is -0.384 e. The maximum absolute atomic E-state index is 13.5. The quantitative estimate of drug-likeness (QED) is 0.509. The lowest BCUT2D eigenvalue weighted by atomic mass is 9.82. The minimum absolute atomic E-state index is 0.0902. The number of nitrogens with one attached hydrogen (secondary N) is 3. The van der Waals surface area contributed by atoms with Gasteiger partial charge in [-0.25, -0.2) is 14.5 Å². The van der Waals surface area contributed by atoms with Crippen LogP contribution in [0, 0.1) is 5.82 Å². The highest BCUT2D eigenvalue weighted by molar-refractivity contribution is 5.96. The molecule has 0 spiro atoms. The molecule has 3 heterocycles. The maximum atomic E-state index is 13.5. The van der Waals surface area contributed by atoms with Gasteiger partial charge in [0, 0.05) is 23.5 Å². The Morgan fingerprint density at radius 2 is 1.93 bits per heavy atom. The van der Waals surface area contributed by atoms with E-state index >= 15 is 0 Å². The van der Waals surface area contributed by atoms with Gasteiger partial charge in [0.25, 0.3) is 5.56 Å². The first kappa shape index (κ1) is 15.7. The molecule has 0 radical (unpaired) electrons. The minimum atomic E-state index is -0.288. The Morgan fingerprint density at radius 3 is 2.70 bits per heavy atom. The molecule has 5 rings (SSSR count). The first-order valence-electron chi connectivity index (χ1n) is 8.58. The van der Waals surface area contributed by atoms with Gasteiger partial charge in [-0.2, -0.15) is 10.2 Å². The third-order valence-corrected chi connectivity index (χ3v) is 5.08. The number of aromatic amines is 2. The normalized spacial score (nSPS) is 18.9. The second kappa shape index (κ2) is 6.01. The third-order valence-electron chi connectivity index (χ3n) is 5.08. The monoisotopic (exact) mass is 362 g/mol. The molecule has 7 nitrogen and oxygen atoms in total. The van der Waals surface area contributed by atoms with Crippen LogP contribution in [-0.2, 0) is 0 Å². The summed E-state index contributed by atoms with van der Waals surface area (Å²) >= 11 is 0. The molecule has 27 heavy (non-hydrogen) atoms. The van der Waals surface area contributed by atoms with Gasteiger partial charge in [-0.15, -0.1) is 0 Å². The van der Waals surface area contributed by atoms with E-state index in [9.17, 15) is 9.18 Å². The van der Waals surface area contributed by atoms with Crippen molar-refractivity contribution in [1.29, 1.82) is 0 Å². The molecule has 134 valence electrons. The van der Waals surface area contributed by atoms with E-state index in [2.05, 4.69) is 30.7 Å². The van der Waals surface area contributed by atoms with Crippen molar-refractivity contribution < 1.29 is 4.39 Å². The molecule has 0 amide bonds. The molecule has 0 fully saturated rings. The predicted octanol–water partition coefficient (Wildman–Crippen LogP) is 2.52. The SMILES string of the molecule is O=c1[nH]nc2c3c(cccc13)NCC(c1ccc(F)cc1)C2c1ncn[nH]1. The van der Waals surface area contributed by atoms with Crippen molar-refractivity contribution in [2.24, 2.45) is 0 Å². The van der Waals surface area contributed by atoms with Crippen LogP contribution in [0.5, 0.6) is 0 Å². The Bertz CT molecular complexity index is 1170. The average Bonchev–Trinajstić information content (AvgIpc) is 3.16. The number of nitrogens with zero attached hydrogens (tertiary/aromatic N) is 3. The van der Waals surface area contributed by atoms with Crippen molar-refractivity contribution in [2.75, 3.05) is 11.9 Å². The fraction of sp³-hybridized carbons (Fsp3) is 0.158. The van der Waals surface area contributed by atoms with E-state index in [0.29, 0.717) is 23.4 Å². The lowest BCUT2D eigenvalue weighted by Crippen LogP contribution is -2.22. The fourth-order valence-electron chi connectivity index (χ4n) is 3.85. The molecule has 0 saturated heterocycles. The number of anilines is 1. The molecule has 2 aromatic carbocycles. The smallest absolute Gasteiger partial charge is 0.272 e. The molecule has 1 aliphatic heterocycles. The molecule has 0 aliphatic carbocycles. The van der Waals surface area contributed by atoms with E-state index in [1.165, 1.54) is 18.5 Å². The second-order valence-electron chi connectivity index (χ2n) is 6.55. The standard InChI is InChI=1S/C19H15FN6O/c20-11-6-4-10(5-7-11)13-8-21-14-3-1-2-12-15(14)17(24-26-19(12)27)16(13)18-22-9-23-25-18/h1-7,9,13,16,21H,8H2,(H,26,27)(H,22,23,25). The summed E-state index contributed by atoms with van der Waals surface area (Å²) in [6.07, 6.45) is 1.45. The molecule has 0 saturated carbocycles. The van der Waals surface area contributed by atoms with Crippen molar-refractivity contribution >= 4 is 16.5 Å². The third kappa shape index (κ3) is 2.49.